The molecular weight excluding hydrogens is 234 g/mol. The van der Waals surface area contributed by atoms with E-state index in [4.69, 9.17) is 0 Å². The maximum atomic E-state index is 4.65. The van der Waals surface area contributed by atoms with Gasteiger partial charge in [0.2, 0.25) is 0 Å². The van der Waals surface area contributed by atoms with E-state index in [0.29, 0.717) is 12.1 Å². The van der Waals surface area contributed by atoms with Crippen molar-refractivity contribution in [2.24, 2.45) is 5.92 Å². The van der Waals surface area contributed by atoms with E-state index in [1.807, 2.05) is 0 Å². The molecule has 3 heteroatoms. The minimum absolute atomic E-state index is 0.504. The molecule has 0 aliphatic heterocycles. The lowest BCUT2D eigenvalue weighted by molar-refractivity contribution is 0.279. The fourth-order valence-electron chi connectivity index (χ4n) is 2.97. The van der Waals surface area contributed by atoms with E-state index in [1.165, 1.54) is 37.8 Å². The monoisotopic (exact) mass is 263 g/mol. The predicted molar refractivity (Wildman–Crippen MR) is 80.1 cm³/mol. The molecule has 108 valence electrons. The normalized spacial score (nSPS) is 20.4. The fraction of sp³-hybridized carbons (Fsp3) is 0.812. The van der Waals surface area contributed by atoms with E-state index in [0.717, 1.165) is 18.9 Å². The first-order valence-electron chi connectivity index (χ1n) is 7.98. The Morgan fingerprint density at radius 2 is 2.05 bits per heavy atom. The van der Waals surface area contributed by atoms with Crippen LogP contribution in [0.3, 0.4) is 0 Å². The van der Waals surface area contributed by atoms with E-state index in [-0.39, 0.29) is 0 Å². The molecule has 0 saturated heterocycles. The Balaban J connectivity index is 1.79. The molecule has 0 aromatic carbocycles. The highest BCUT2D eigenvalue weighted by Gasteiger charge is 2.19. The van der Waals surface area contributed by atoms with Gasteiger partial charge in [-0.25, -0.2) is 0 Å². The van der Waals surface area contributed by atoms with Gasteiger partial charge in [-0.3, -0.25) is 4.68 Å². The summed E-state index contributed by atoms with van der Waals surface area (Å²) in [5, 5.41) is 8.32. The van der Waals surface area contributed by atoms with Crippen molar-refractivity contribution in [1.82, 2.24) is 15.1 Å². The summed E-state index contributed by atoms with van der Waals surface area (Å²) in [4.78, 5) is 0. The Morgan fingerprint density at radius 3 is 2.74 bits per heavy atom. The first-order valence-corrected chi connectivity index (χ1v) is 7.98. The zero-order chi connectivity index (χ0) is 13.7. The smallest absolute Gasteiger partial charge is 0.0762 e. The summed E-state index contributed by atoms with van der Waals surface area (Å²) in [6.07, 6.45) is 10.3. The van der Waals surface area contributed by atoms with E-state index in [1.54, 1.807) is 0 Å². The second-order valence-electron chi connectivity index (χ2n) is 6.11. The van der Waals surface area contributed by atoms with Gasteiger partial charge >= 0.3 is 0 Å². The average Bonchev–Trinajstić information content (AvgIpc) is 2.93. The molecule has 0 radical (unpaired) electrons. The third-order valence-electron chi connectivity index (χ3n) is 4.67. The van der Waals surface area contributed by atoms with E-state index < -0.39 is 0 Å². The molecule has 0 spiro atoms. The molecule has 1 N–H and O–H groups in total. The van der Waals surface area contributed by atoms with Gasteiger partial charge in [-0.1, -0.05) is 26.2 Å². The SMILES string of the molecule is CCC(C)n1ccc(CN[C@H](C)C2CCCCC2)n1. The summed E-state index contributed by atoms with van der Waals surface area (Å²) in [7, 11) is 0. The first-order chi connectivity index (χ1) is 9.20. The lowest BCUT2D eigenvalue weighted by Gasteiger charge is -2.28. The van der Waals surface area contributed by atoms with Crippen molar-refractivity contribution >= 4 is 0 Å². The van der Waals surface area contributed by atoms with Gasteiger partial charge < -0.3 is 5.32 Å². The third-order valence-corrected chi connectivity index (χ3v) is 4.67. The minimum Gasteiger partial charge on any atom is -0.308 e. The van der Waals surface area contributed by atoms with E-state index >= 15 is 0 Å². The van der Waals surface area contributed by atoms with Crippen molar-refractivity contribution in [1.29, 1.82) is 0 Å². The Morgan fingerprint density at radius 1 is 1.32 bits per heavy atom. The van der Waals surface area contributed by atoms with Gasteiger partial charge in [-0.2, -0.15) is 5.10 Å². The van der Waals surface area contributed by atoms with Crippen LogP contribution in [0.25, 0.3) is 0 Å². The molecule has 1 aromatic heterocycles. The van der Waals surface area contributed by atoms with Gasteiger partial charge in [0.15, 0.2) is 0 Å². The molecular formula is C16H29N3. The van der Waals surface area contributed by atoms with Crippen molar-refractivity contribution in [3.63, 3.8) is 0 Å². The lowest BCUT2D eigenvalue weighted by Crippen LogP contribution is -2.34. The number of aromatic nitrogens is 2. The van der Waals surface area contributed by atoms with Crippen LogP contribution in [0.15, 0.2) is 12.3 Å². The van der Waals surface area contributed by atoms with E-state index in [2.05, 4.69) is 48.1 Å². The average molecular weight is 263 g/mol. The van der Waals surface area contributed by atoms with Gasteiger partial charge in [0.05, 0.1) is 5.69 Å². The Hall–Kier alpha value is -0.830. The lowest BCUT2D eigenvalue weighted by atomic mass is 9.84. The molecule has 0 amide bonds. The molecule has 2 atom stereocenters. The molecule has 1 unspecified atom stereocenters. The number of hydrogen-bond donors (Lipinski definition) is 1. The van der Waals surface area contributed by atoms with Crippen molar-refractivity contribution in [3.8, 4) is 0 Å². The molecule has 1 heterocycles. The van der Waals surface area contributed by atoms with Crippen LogP contribution in [0.5, 0.6) is 0 Å². The van der Waals surface area contributed by atoms with Crippen LogP contribution in [0.1, 0.15) is 71.0 Å². The predicted octanol–water partition coefficient (Wildman–Crippen LogP) is 3.91. The van der Waals surface area contributed by atoms with Crippen molar-refractivity contribution in [2.45, 2.75) is 77.9 Å². The molecule has 1 fully saturated rings. The maximum Gasteiger partial charge on any atom is 0.0762 e. The van der Waals surface area contributed by atoms with Gasteiger partial charge in [0.25, 0.3) is 0 Å². The number of nitrogens with zero attached hydrogens (tertiary/aromatic N) is 2. The molecule has 2 rings (SSSR count). The van der Waals surface area contributed by atoms with Crippen LogP contribution < -0.4 is 5.32 Å². The quantitative estimate of drug-likeness (QED) is 0.843. The fourth-order valence-corrected chi connectivity index (χ4v) is 2.97. The molecule has 1 saturated carbocycles. The zero-order valence-electron chi connectivity index (χ0n) is 12.7. The highest BCUT2D eigenvalue weighted by molar-refractivity contribution is 4.99. The Kier molecular flexibility index (Phi) is 5.44. The number of nitrogens with one attached hydrogen (secondary N) is 1. The molecule has 1 aliphatic rings. The maximum absolute atomic E-state index is 4.65. The summed E-state index contributed by atoms with van der Waals surface area (Å²) in [5.74, 6) is 0.866. The van der Waals surface area contributed by atoms with Crippen LogP contribution in [-0.2, 0) is 6.54 Å². The second-order valence-corrected chi connectivity index (χ2v) is 6.11. The number of rotatable bonds is 6. The zero-order valence-corrected chi connectivity index (χ0v) is 12.7. The van der Waals surface area contributed by atoms with Crippen molar-refractivity contribution < 1.29 is 0 Å². The molecule has 1 aliphatic carbocycles. The molecule has 0 bridgehead atoms. The highest BCUT2D eigenvalue weighted by atomic mass is 15.3. The van der Waals surface area contributed by atoms with Gasteiger partial charge in [0, 0.05) is 24.8 Å². The largest absolute Gasteiger partial charge is 0.308 e. The molecule has 3 nitrogen and oxygen atoms in total. The van der Waals surface area contributed by atoms with Crippen LogP contribution in [0, 0.1) is 5.92 Å². The van der Waals surface area contributed by atoms with Gasteiger partial charge in [0.1, 0.15) is 0 Å². The summed E-state index contributed by atoms with van der Waals surface area (Å²) in [6.45, 7) is 7.66. The summed E-state index contributed by atoms with van der Waals surface area (Å²) < 4.78 is 2.09. The van der Waals surface area contributed by atoms with Crippen LogP contribution >= 0.6 is 0 Å². The number of hydrogen-bond acceptors (Lipinski definition) is 2. The molecule has 19 heavy (non-hydrogen) atoms. The molecule has 1 aromatic rings. The second kappa shape index (κ2) is 7.09. The summed E-state index contributed by atoms with van der Waals surface area (Å²) in [5.41, 5.74) is 1.17. The van der Waals surface area contributed by atoms with Gasteiger partial charge in [-0.05, 0) is 45.1 Å². The van der Waals surface area contributed by atoms with E-state index in [9.17, 15) is 0 Å². The standard InChI is InChI=1S/C16H29N3/c1-4-13(2)19-11-10-16(18-19)12-17-14(3)15-8-6-5-7-9-15/h10-11,13-15,17H,4-9,12H2,1-3H3/t13?,14-/m1/s1. The van der Waals surface area contributed by atoms with Gasteiger partial charge in [-0.15, -0.1) is 0 Å². The minimum atomic E-state index is 0.504. The Bertz CT molecular complexity index is 366. The Labute approximate surface area is 117 Å². The van der Waals surface area contributed by atoms with Crippen LogP contribution in [0.4, 0.5) is 0 Å². The van der Waals surface area contributed by atoms with Crippen molar-refractivity contribution in [2.75, 3.05) is 0 Å². The first kappa shape index (κ1) is 14.6. The summed E-state index contributed by atoms with van der Waals surface area (Å²) >= 11 is 0. The van der Waals surface area contributed by atoms with Crippen LogP contribution in [0.2, 0.25) is 0 Å². The summed E-state index contributed by atoms with van der Waals surface area (Å²) in [6, 6.07) is 3.27. The van der Waals surface area contributed by atoms with Crippen molar-refractivity contribution in [3.05, 3.63) is 18.0 Å². The highest BCUT2D eigenvalue weighted by Crippen LogP contribution is 2.26. The topological polar surface area (TPSA) is 29.9 Å². The third kappa shape index (κ3) is 4.07. The van der Waals surface area contributed by atoms with Crippen LogP contribution in [-0.4, -0.2) is 15.8 Å².